The quantitative estimate of drug-likeness (QED) is 0.884. The molecule has 2 saturated heterocycles. The molecule has 1 N–H and O–H groups in total. The van der Waals surface area contributed by atoms with Crippen LogP contribution in [-0.2, 0) is 4.74 Å². The van der Waals surface area contributed by atoms with E-state index in [0.29, 0.717) is 31.3 Å². The van der Waals surface area contributed by atoms with Gasteiger partial charge in [-0.2, -0.15) is 0 Å². The Balaban J connectivity index is 1.38. The fraction of sp³-hybridized carbons (Fsp3) is 0.438. The zero-order valence-electron chi connectivity index (χ0n) is 13.4. The standard InChI is InChI=1S/C16H17FN6O2/c17-11-6-20-15(21-7-11)22-12-5-16(25-9-12)1-4-23(10-16)14(24)13-8-18-2-3-19-13/h2-3,6-8,12H,1,4-5,9-10H2,(H,20,21,22). The molecule has 25 heavy (non-hydrogen) atoms. The Hall–Kier alpha value is -2.68. The number of nitrogens with one attached hydrogen (secondary N) is 1. The van der Waals surface area contributed by atoms with Crippen LogP contribution in [0.2, 0.25) is 0 Å². The largest absolute Gasteiger partial charge is 0.371 e. The molecule has 8 nitrogen and oxygen atoms in total. The number of nitrogens with zero attached hydrogens (tertiary/aromatic N) is 5. The molecule has 0 radical (unpaired) electrons. The highest BCUT2D eigenvalue weighted by Crippen LogP contribution is 2.36. The summed E-state index contributed by atoms with van der Waals surface area (Å²) < 4.78 is 18.9. The van der Waals surface area contributed by atoms with Crippen LogP contribution >= 0.6 is 0 Å². The molecule has 1 spiro atoms. The van der Waals surface area contributed by atoms with E-state index in [4.69, 9.17) is 4.74 Å². The number of rotatable bonds is 3. The lowest BCUT2D eigenvalue weighted by Crippen LogP contribution is -2.36. The lowest BCUT2D eigenvalue weighted by atomic mass is 9.97. The summed E-state index contributed by atoms with van der Waals surface area (Å²) in [4.78, 5) is 30.1. The van der Waals surface area contributed by atoms with Gasteiger partial charge in [-0.25, -0.2) is 19.3 Å². The van der Waals surface area contributed by atoms with Gasteiger partial charge in [0.25, 0.3) is 5.91 Å². The average Bonchev–Trinajstić information content (AvgIpc) is 3.24. The fourth-order valence-electron chi connectivity index (χ4n) is 3.38. The highest BCUT2D eigenvalue weighted by atomic mass is 19.1. The predicted molar refractivity (Wildman–Crippen MR) is 85.3 cm³/mol. The van der Waals surface area contributed by atoms with Crippen molar-refractivity contribution in [1.82, 2.24) is 24.8 Å². The first-order valence-electron chi connectivity index (χ1n) is 8.07. The zero-order chi connectivity index (χ0) is 17.3. The Bertz CT molecular complexity index is 759. The molecular formula is C16H17FN6O2. The number of halogens is 1. The van der Waals surface area contributed by atoms with Crippen molar-refractivity contribution in [2.45, 2.75) is 24.5 Å². The number of likely N-dealkylation sites (tertiary alicyclic amines) is 1. The second kappa shape index (κ2) is 6.32. The number of hydrogen-bond acceptors (Lipinski definition) is 7. The van der Waals surface area contributed by atoms with Gasteiger partial charge < -0.3 is 15.0 Å². The van der Waals surface area contributed by atoms with Crippen molar-refractivity contribution in [3.8, 4) is 0 Å². The number of amides is 1. The third kappa shape index (κ3) is 3.27. The van der Waals surface area contributed by atoms with E-state index in [1.165, 1.54) is 18.6 Å². The van der Waals surface area contributed by atoms with Crippen LogP contribution in [0.25, 0.3) is 0 Å². The Labute approximate surface area is 143 Å². The van der Waals surface area contributed by atoms with Crippen molar-refractivity contribution >= 4 is 11.9 Å². The molecule has 2 aliphatic rings. The lowest BCUT2D eigenvalue weighted by Gasteiger charge is -2.23. The number of aromatic nitrogens is 4. The van der Waals surface area contributed by atoms with Crippen LogP contribution in [0.4, 0.5) is 10.3 Å². The Morgan fingerprint density at radius 1 is 1.28 bits per heavy atom. The van der Waals surface area contributed by atoms with E-state index >= 15 is 0 Å². The molecule has 2 aliphatic heterocycles. The first-order chi connectivity index (χ1) is 12.1. The molecule has 4 rings (SSSR count). The molecule has 0 aliphatic carbocycles. The number of carbonyl (C=O) groups excluding carboxylic acids is 1. The van der Waals surface area contributed by atoms with E-state index in [0.717, 1.165) is 25.2 Å². The Morgan fingerprint density at radius 3 is 2.88 bits per heavy atom. The molecule has 2 aromatic heterocycles. The maximum Gasteiger partial charge on any atom is 0.274 e. The normalized spacial score (nSPS) is 25.5. The van der Waals surface area contributed by atoms with Crippen molar-refractivity contribution < 1.29 is 13.9 Å². The number of hydrogen-bond donors (Lipinski definition) is 1. The van der Waals surface area contributed by atoms with Gasteiger partial charge in [0, 0.05) is 25.4 Å². The van der Waals surface area contributed by atoms with Crippen LogP contribution in [0.15, 0.2) is 31.0 Å². The van der Waals surface area contributed by atoms with Gasteiger partial charge in [0.05, 0.1) is 43.4 Å². The minimum atomic E-state index is -0.473. The van der Waals surface area contributed by atoms with E-state index in [1.807, 2.05) is 0 Å². The monoisotopic (exact) mass is 344 g/mol. The Morgan fingerprint density at radius 2 is 2.12 bits per heavy atom. The third-order valence-electron chi connectivity index (χ3n) is 4.55. The van der Waals surface area contributed by atoms with Crippen LogP contribution < -0.4 is 5.32 Å². The van der Waals surface area contributed by atoms with Crippen LogP contribution in [0.3, 0.4) is 0 Å². The molecule has 4 heterocycles. The highest BCUT2D eigenvalue weighted by molar-refractivity contribution is 5.92. The SMILES string of the molecule is O=C(c1cnccn1)N1CCC2(CC(Nc3ncc(F)cn3)CO2)C1. The summed E-state index contributed by atoms with van der Waals surface area (Å²) in [5.74, 6) is -0.233. The summed E-state index contributed by atoms with van der Waals surface area (Å²) in [6, 6.07) is 0.0250. The van der Waals surface area contributed by atoms with Gasteiger partial charge in [-0.1, -0.05) is 0 Å². The lowest BCUT2D eigenvalue weighted by molar-refractivity contribution is 0.0124. The summed E-state index contributed by atoms with van der Waals surface area (Å²) in [6.45, 7) is 1.63. The molecule has 2 aromatic rings. The van der Waals surface area contributed by atoms with E-state index in [1.54, 1.807) is 4.90 Å². The maximum atomic E-state index is 12.9. The maximum absolute atomic E-state index is 12.9. The molecule has 130 valence electrons. The summed E-state index contributed by atoms with van der Waals surface area (Å²) in [5.41, 5.74) is -0.0258. The average molecular weight is 344 g/mol. The second-order valence-corrected chi connectivity index (χ2v) is 6.33. The molecule has 2 unspecified atom stereocenters. The third-order valence-corrected chi connectivity index (χ3v) is 4.55. The number of ether oxygens (including phenoxy) is 1. The van der Waals surface area contributed by atoms with Crippen LogP contribution in [0.5, 0.6) is 0 Å². The number of anilines is 1. The summed E-state index contributed by atoms with van der Waals surface area (Å²) in [5, 5.41) is 3.16. The van der Waals surface area contributed by atoms with Crippen LogP contribution in [0, 0.1) is 5.82 Å². The van der Waals surface area contributed by atoms with Crippen molar-refractivity contribution in [1.29, 1.82) is 0 Å². The molecule has 0 aromatic carbocycles. The van der Waals surface area contributed by atoms with E-state index in [9.17, 15) is 9.18 Å². The van der Waals surface area contributed by atoms with Gasteiger partial charge in [-0.15, -0.1) is 0 Å². The van der Waals surface area contributed by atoms with Crippen molar-refractivity contribution in [2.75, 3.05) is 25.0 Å². The first-order valence-corrected chi connectivity index (χ1v) is 8.07. The van der Waals surface area contributed by atoms with Crippen LogP contribution in [0.1, 0.15) is 23.3 Å². The predicted octanol–water partition coefficient (Wildman–Crippen LogP) is 0.891. The minimum Gasteiger partial charge on any atom is -0.371 e. The molecule has 2 atom stereocenters. The van der Waals surface area contributed by atoms with Crippen molar-refractivity contribution in [3.63, 3.8) is 0 Å². The minimum absolute atomic E-state index is 0.0250. The van der Waals surface area contributed by atoms with Gasteiger partial charge in [0.15, 0.2) is 5.82 Å². The fourth-order valence-corrected chi connectivity index (χ4v) is 3.38. The van der Waals surface area contributed by atoms with E-state index in [-0.39, 0.29) is 17.6 Å². The van der Waals surface area contributed by atoms with Gasteiger partial charge in [0.2, 0.25) is 5.95 Å². The van der Waals surface area contributed by atoms with Crippen LogP contribution in [-0.4, -0.2) is 62.1 Å². The Kier molecular flexibility index (Phi) is 4.00. The van der Waals surface area contributed by atoms with Crippen molar-refractivity contribution in [2.24, 2.45) is 0 Å². The van der Waals surface area contributed by atoms with E-state index < -0.39 is 5.82 Å². The zero-order valence-corrected chi connectivity index (χ0v) is 13.4. The van der Waals surface area contributed by atoms with Gasteiger partial charge in [-0.3, -0.25) is 9.78 Å². The van der Waals surface area contributed by atoms with Crippen molar-refractivity contribution in [3.05, 3.63) is 42.5 Å². The topological polar surface area (TPSA) is 93.1 Å². The highest BCUT2D eigenvalue weighted by Gasteiger charge is 2.47. The molecule has 9 heteroatoms. The molecule has 0 saturated carbocycles. The summed E-state index contributed by atoms with van der Waals surface area (Å²) in [7, 11) is 0. The number of carbonyl (C=O) groups is 1. The molecule has 2 fully saturated rings. The first kappa shape index (κ1) is 15.8. The van der Waals surface area contributed by atoms with Gasteiger partial charge in [-0.05, 0) is 6.42 Å². The second-order valence-electron chi connectivity index (χ2n) is 6.33. The van der Waals surface area contributed by atoms with E-state index in [2.05, 4.69) is 25.3 Å². The molecule has 0 bridgehead atoms. The smallest absolute Gasteiger partial charge is 0.274 e. The van der Waals surface area contributed by atoms with Gasteiger partial charge in [0.1, 0.15) is 5.69 Å². The summed E-state index contributed by atoms with van der Waals surface area (Å²) >= 11 is 0. The summed E-state index contributed by atoms with van der Waals surface area (Å²) in [6.07, 6.45) is 8.26. The van der Waals surface area contributed by atoms with Gasteiger partial charge >= 0.3 is 0 Å². The molecular weight excluding hydrogens is 327 g/mol. The molecule has 1 amide bonds.